The number of methoxy groups -OCH3 is 2. The SMILES string of the molecule is COc1c(CC2CC(CNCCc3ccc(Cl)cc3)=NO2)cc2c(c1OC)OCO2. The zero-order valence-corrected chi connectivity index (χ0v) is 17.8. The van der Waals surface area contributed by atoms with E-state index in [0.29, 0.717) is 36.0 Å². The molecular formula is C22H25ClN2O5. The Kier molecular flexibility index (Phi) is 6.50. The number of fused-ring (bicyclic) bond motifs is 1. The van der Waals surface area contributed by atoms with Crippen molar-refractivity contribution >= 4 is 17.3 Å². The Morgan fingerprint density at radius 3 is 2.70 bits per heavy atom. The molecule has 0 spiro atoms. The van der Waals surface area contributed by atoms with Gasteiger partial charge in [-0.3, -0.25) is 0 Å². The first-order valence-corrected chi connectivity index (χ1v) is 10.3. The molecule has 1 unspecified atom stereocenters. The highest BCUT2D eigenvalue weighted by Crippen LogP contribution is 2.49. The van der Waals surface area contributed by atoms with E-state index < -0.39 is 0 Å². The second-order valence-corrected chi connectivity index (χ2v) is 7.62. The highest BCUT2D eigenvalue weighted by atomic mass is 35.5. The molecular weight excluding hydrogens is 408 g/mol. The van der Waals surface area contributed by atoms with E-state index in [2.05, 4.69) is 10.5 Å². The van der Waals surface area contributed by atoms with Crippen molar-refractivity contribution in [2.45, 2.75) is 25.4 Å². The van der Waals surface area contributed by atoms with Crippen molar-refractivity contribution in [2.24, 2.45) is 5.16 Å². The van der Waals surface area contributed by atoms with E-state index in [4.69, 9.17) is 35.4 Å². The van der Waals surface area contributed by atoms with Crippen LogP contribution in [0.4, 0.5) is 0 Å². The summed E-state index contributed by atoms with van der Waals surface area (Å²) in [6, 6.07) is 9.84. The van der Waals surface area contributed by atoms with E-state index in [9.17, 15) is 0 Å². The second kappa shape index (κ2) is 9.45. The van der Waals surface area contributed by atoms with Crippen molar-refractivity contribution in [3.8, 4) is 23.0 Å². The van der Waals surface area contributed by atoms with Gasteiger partial charge in [0.05, 0.1) is 19.9 Å². The van der Waals surface area contributed by atoms with E-state index in [1.165, 1.54) is 5.56 Å². The van der Waals surface area contributed by atoms with Crippen molar-refractivity contribution in [3.63, 3.8) is 0 Å². The highest BCUT2D eigenvalue weighted by molar-refractivity contribution is 6.30. The van der Waals surface area contributed by atoms with Crippen LogP contribution in [0.15, 0.2) is 35.5 Å². The first-order valence-electron chi connectivity index (χ1n) is 9.88. The van der Waals surface area contributed by atoms with E-state index in [-0.39, 0.29) is 12.9 Å². The number of ether oxygens (including phenoxy) is 4. The van der Waals surface area contributed by atoms with Crippen LogP contribution in [0.1, 0.15) is 17.5 Å². The van der Waals surface area contributed by atoms with Gasteiger partial charge in [0.15, 0.2) is 11.5 Å². The largest absolute Gasteiger partial charge is 0.492 e. The minimum absolute atomic E-state index is 0.0583. The van der Waals surface area contributed by atoms with E-state index in [1.807, 2.05) is 30.3 Å². The number of nitrogens with zero attached hydrogens (tertiary/aromatic N) is 1. The predicted molar refractivity (Wildman–Crippen MR) is 114 cm³/mol. The Morgan fingerprint density at radius 1 is 1.13 bits per heavy atom. The third kappa shape index (κ3) is 4.57. The Hall–Kier alpha value is -2.64. The van der Waals surface area contributed by atoms with Crippen LogP contribution in [0.3, 0.4) is 0 Å². The van der Waals surface area contributed by atoms with Crippen molar-refractivity contribution in [1.82, 2.24) is 5.32 Å². The molecule has 0 saturated carbocycles. The zero-order chi connectivity index (χ0) is 20.9. The first-order chi connectivity index (χ1) is 14.7. The molecule has 0 aromatic heterocycles. The van der Waals surface area contributed by atoms with Crippen molar-refractivity contribution in [3.05, 3.63) is 46.5 Å². The van der Waals surface area contributed by atoms with Gasteiger partial charge in [-0.05, 0) is 36.7 Å². The number of hydrogen-bond donors (Lipinski definition) is 1. The maximum atomic E-state index is 5.92. The summed E-state index contributed by atoms with van der Waals surface area (Å²) in [5.74, 6) is 2.42. The molecule has 160 valence electrons. The Morgan fingerprint density at radius 2 is 1.93 bits per heavy atom. The fraction of sp³-hybridized carbons (Fsp3) is 0.409. The highest BCUT2D eigenvalue weighted by Gasteiger charge is 2.29. The molecule has 8 heteroatoms. The molecule has 2 aliphatic heterocycles. The summed E-state index contributed by atoms with van der Waals surface area (Å²) in [6.07, 6.45) is 2.27. The van der Waals surface area contributed by atoms with Gasteiger partial charge < -0.3 is 29.1 Å². The molecule has 7 nitrogen and oxygen atoms in total. The third-order valence-corrected chi connectivity index (χ3v) is 5.39. The average Bonchev–Trinajstić information content (AvgIpc) is 3.40. The predicted octanol–water partition coefficient (Wildman–Crippen LogP) is 3.61. The lowest BCUT2D eigenvalue weighted by Crippen LogP contribution is -2.25. The molecule has 2 aromatic carbocycles. The van der Waals surface area contributed by atoms with Gasteiger partial charge in [0.2, 0.25) is 18.3 Å². The number of rotatable bonds is 9. The molecule has 0 saturated heterocycles. The lowest BCUT2D eigenvalue weighted by Gasteiger charge is -2.16. The molecule has 1 N–H and O–H groups in total. The Bertz CT molecular complexity index is 917. The second-order valence-electron chi connectivity index (χ2n) is 7.18. The van der Waals surface area contributed by atoms with Crippen molar-refractivity contribution < 1.29 is 23.8 Å². The normalized spacial score (nSPS) is 16.9. The maximum absolute atomic E-state index is 5.92. The van der Waals surface area contributed by atoms with Crippen LogP contribution >= 0.6 is 11.6 Å². The summed E-state index contributed by atoms with van der Waals surface area (Å²) < 4.78 is 22.1. The molecule has 0 bridgehead atoms. The van der Waals surface area contributed by atoms with Gasteiger partial charge in [-0.15, -0.1) is 0 Å². The standard InChI is InChI=1S/C22H25ClN2O5/c1-26-20-15(10-19-21(22(20)27-2)29-13-28-19)9-18-11-17(25-30-18)12-24-8-7-14-3-5-16(23)6-4-14/h3-6,10,18,24H,7-9,11-13H2,1-2H3. The number of halogens is 1. The minimum atomic E-state index is -0.0583. The summed E-state index contributed by atoms with van der Waals surface area (Å²) >= 11 is 5.92. The van der Waals surface area contributed by atoms with Crippen LogP contribution in [-0.2, 0) is 17.7 Å². The smallest absolute Gasteiger partial charge is 0.231 e. The summed E-state index contributed by atoms with van der Waals surface area (Å²) in [7, 11) is 3.21. The molecule has 2 heterocycles. The number of oxime groups is 1. The van der Waals surface area contributed by atoms with Crippen LogP contribution in [0.5, 0.6) is 23.0 Å². The number of hydrogen-bond acceptors (Lipinski definition) is 7. The van der Waals surface area contributed by atoms with Gasteiger partial charge in [0, 0.05) is 30.0 Å². The minimum Gasteiger partial charge on any atom is -0.492 e. The number of nitrogens with one attached hydrogen (secondary N) is 1. The number of benzene rings is 2. The van der Waals surface area contributed by atoms with Crippen LogP contribution < -0.4 is 24.3 Å². The Balaban J connectivity index is 1.29. The summed E-state index contributed by atoms with van der Waals surface area (Å²) in [5, 5.41) is 8.43. The van der Waals surface area contributed by atoms with Crippen LogP contribution in [-0.4, -0.2) is 45.9 Å². The zero-order valence-electron chi connectivity index (χ0n) is 17.1. The molecule has 2 aromatic rings. The van der Waals surface area contributed by atoms with E-state index >= 15 is 0 Å². The van der Waals surface area contributed by atoms with Gasteiger partial charge >= 0.3 is 0 Å². The molecule has 1 atom stereocenters. The molecule has 4 rings (SSSR count). The van der Waals surface area contributed by atoms with Gasteiger partial charge in [0.25, 0.3) is 0 Å². The van der Waals surface area contributed by atoms with Crippen molar-refractivity contribution in [1.29, 1.82) is 0 Å². The monoisotopic (exact) mass is 432 g/mol. The maximum Gasteiger partial charge on any atom is 0.231 e. The fourth-order valence-corrected chi connectivity index (χ4v) is 3.79. The van der Waals surface area contributed by atoms with E-state index in [0.717, 1.165) is 35.7 Å². The third-order valence-electron chi connectivity index (χ3n) is 5.13. The molecule has 2 aliphatic rings. The molecule has 0 amide bonds. The molecule has 0 fully saturated rings. The Labute approximate surface area is 180 Å². The molecule has 0 radical (unpaired) electrons. The van der Waals surface area contributed by atoms with Gasteiger partial charge in [0.1, 0.15) is 6.10 Å². The quantitative estimate of drug-likeness (QED) is 0.610. The lowest BCUT2D eigenvalue weighted by atomic mass is 10.0. The average molecular weight is 433 g/mol. The van der Waals surface area contributed by atoms with Crippen molar-refractivity contribution in [2.75, 3.05) is 34.1 Å². The summed E-state index contributed by atoms with van der Waals surface area (Å²) in [6.45, 7) is 1.73. The van der Waals surface area contributed by atoms with E-state index in [1.54, 1.807) is 14.2 Å². The topological polar surface area (TPSA) is 70.5 Å². The first kappa shape index (κ1) is 20.6. The molecule has 0 aliphatic carbocycles. The summed E-state index contributed by atoms with van der Waals surface area (Å²) in [4.78, 5) is 5.66. The van der Waals surface area contributed by atoms with Gasteiger partial charge in [-0.1, -0.05) is 28.9 Å². The summed E-state index contributed by atoms with van der Waals surface area (Å²) in [5.41, 5.74) is 3.19. The lowest BCUT2D eigenvalue weighted by molar-refractivity contribution is 0.0853. The van der Waals surface area contributed by atoms with Crippen LogP contribution in [0, 0.1) is 0 Å². The van der Waals surface area contributed by atoms with Gasteiger partial charge in [-0.25, -0.2) is 0 Å². The fourth-order valence-electron chi connectivity index (χ4n) is 3.67. The van der Waals surface area contributed by atoms with Crippen LogP contribution in [0.2, 0.25) is 5.02 Å². The van der Waals surface area contributed by atoms with Crippen LogP contribution in [0.25, 0.3) is 0 Å². The molecule has 30 heavy (non-hydrogen) atoms. The van der Waals surface area contributed by atoms with Gasteiger partial charge in [-0.2, -0.15) is 0 Å².